The van der Waals surface area contributed by atoms with Crippen LogP contribution in [0.5, 0.6) is 0 Å². The van der Waals surface area contributed by atoms with Gasteiger partial charge in [-0.15, -0.1) is 0 Å². The molecule has 5 nitrogen and oxygen atoms in total. The number of hydrogen-bond donors (Lipinski definition) is 1. The van der Waals surface area contributed by atoms with Crippen molar-refractivity contribution in [2.75, 3.05) is 17.7 Å². The van der Waals surface area contributed by atoms with Gasteiger partial charge in [-0.3, -0.25) is 8.78 Å². The Morgan fingerprint density at radius 2 is 2.35 bits per heavy atom. The van der Waals surface area contributed by atoms with E-state index in [1.54, 1.807) is 23.1 Å². The van der Waals surface area contributed by atoms with Crippen molar-refractivity contribution in [2.45, 2.75) is 13.0 Å². The van der Waals surface area contributed by atoms with Gasteiger partial charge in [0, 0.05) is 35.0 Å². The maximum atomic E-state index is 11.2. The van der Waals surface area contributed by atoms with Crippen molar-refractivity contribution in [3.63, 3.8) is 0 Å². The number of imidazole rings is 1. The lowest BCUT2D eigenvalue weighted by Crippen LogP contribution is -2.15. The van der Waals surface area contributed by atoms with Crippen molar-refractivity contribution >= 4 is 39.5 Å². The van der Waals surface area contributed by atoms with Crippen LogP contribution >= 0.6 is 11.6 Å². The molecule has 2 rings (SSSR count). The molecule has 2 atom stereocenters. The highest BCUT2D eigenvalue weighted by atomic mass is 35.5. The smallest absolute Gasteiger partial charge is 0.202 e. The quantitative estimate of drug-likeness (QED) is 0.921. The number of halogens is 1. The van der Waals surface area contributed by atoms with E-state index >= 15 is 0 Å². The summed E-state index contributed by atoms with van der Waals surface area (Å²) in [5.74, 6) is 0.882. The first-order valence-electron chi connectivity index (χ1n) is 5.08. The highest BCUT2D eigenvalue weighted by Gasteiger charge is 2.16. The number of anilines is 1. The van der Waals surface area contributed by atoms with E-state index in [0.29, 0.717) is 27.9 Å². The number of aromatic nitrogens is 3. The Balaban J connectivity index is 2.53. The molecule has 0 bridgehead atoms. The molecular weight excluding hydrogens is 260 g/mol. The van der Waals surface area contributed by atoms with Gasteiger partial charge < -0.3 is 5.73 Å². The topological polar surface area (TPSA) is 73.8 Å². The normalized spacial score (nSPS) is 15.0. The van der Waals surface area contributed by atoms with Crippen LogP contribution in [0.1, 0.15) is 13.0 Å². The van der Waals surface area contributed by atoms with Crippen molar-refractivity contribution in [3.05, 3.63) is 17.3 Å². The zero-order valence-corrected chi connectivity index (χ0v) is 11.1. The third-order valence-electron chi connectivity index (χ3n) is 2.44. The molecule has 0 saturated carbocycles. The fourth-order valence-corrected chi connectivity index (χ4v) is 2.80. The minimum atomic E-state index is -0.894. The van der Waals surface area contributed by atoms with Gasteiger partial charge in [0.1, 0.15) is 5.52 Å². The Morgan fingerprint density at radius 1 is 1.65 bits per heavy atom. The van der Waals surface area contributed by atoms with E-state index in [4.69, 9.17) is 17.3 Å². The molecule has 0 aliphatic carbocycles. The predicted octanol–water partition coefficient (Wildman–Crippen LogP) is 1.61. The summed E-state index contributed by atoms with van der Waals surface area (Å²) in [5.41, 5.74) is 7.18. The Hall–Kier alpha value is -1.14. The average Bonchev–Trinajstić information content (AvgIpc) is 2.51. The van der Waals surface area contributed by atoms with Crippen LogP contribution in [0.15, 0.2) is 12.3 Å². The number of nitrogens with zero attached hydrogens (tertiary/aromatic N) is 3. The van der Waals surface area contributed by atoms with E-state index in [1.807, 2.05) is 6.92 Å². The van der Waals surface area contributed by atoms with Crippen LogP contribution in [0.2, 0.25) is 5.02 Å². The number of hydrogen-bond acceptors (Lipinski definition) is 4. The molecular formula is C10H13ClN4OS. The molecule has 2 unspecified atom stereocenters. The van der Waals surface area contributed by atoms with Gasteiger partial charge >= 0.3 is 0 Å². The molecule has 0 spiro atoms. The molecule has 17 heavy (non-hydrogen) atoms. The van der Waals surface area contributed by atoms with Crippen LogP contribution in [0.3, 0.4) is 0 Å². The summed E-state index contributed by atoms with van der Waals surface area (Å²) in [6.07, 6.45) is 3.22. The van der Waals surface area contributed by atoms with Crippen molar-refractivity contribution in [1.29, 1.82) is 0 Å². The van der Waals surface area contributed by atoms with Crippen molar-refractivity contribution < 1.29 is 4.21 Å². The third kappa shape index (κ3) is 2.42. The maximum Gasteiger partial charge on any atom is 0.202 e. The molecule has 0 aliphatic heterocycles. The summed E-state index contributed by atoms with van der Waals surface area (Å²) < 4.78 is 13.0. The van der Waals surface area contributed by atoms with E-state index in [9.17, 15) is 4.21 Å². The van der Waals surface area contributed by atoms with Crippen LogP contribution in [0.4, 0.5) is 5.95 Å². The van der Waals surface area contributed by atoms with Gasteiger partial charge in [0.25, 0.3) is 0 Å². The van der Waals surface area contributed by atoms with Crippen molar-refractivity contribution in [3.8, 4) is 0 Å². The Kier molecular flexibility index (Phi) is 3.35. The Labute approximate surface area is 106 Å². The summed E-state index contributed by atoms with van der Waals surface area (Å²) >= 11 is 5.84. The SMILES string of the molecule is CC(CS(C)=O)n1c(N)nc2cc(Cl)cnc21. The molecule has 0 saturated heterocycles. The van der Waals surface area contributed by atoms with Gasteiger partial charge in [-0.1, -0.05) is 11.6 Å². The number of nitrogens with two attached hydrogens (primary N) is 1. The first kappa shape index (κ1) is 12.3. The second-order valence-corrected chi connectivity index (χ2v) is 5.84. The summed E-state index contributed by atoms with van der Waals surface area (Å²) in [6.45, 7) is 1.94. The first-order chi connectivity index (χ1) is 7.99. The highest BCUT2D eigenvalue weighted by molar-refractivity contribution is 7.84. The standard InChI is InChI=1S/C10H13ClN4OS/c1-6(5-17(2)16)15-9-8(14-10(15)12)3-7(11)4-13-9/h3-4,6H,5H2,1-2H3,(H2,12,14). The van der Waals surface area contributed by atoms with Gasteiger partial charge in [-0.2, -0.15) is 0 Å². The zero-order valence-electron chi connectivity index (χ0n) is 9.55. The molecule has 7 heteroatoms. The van der Waals surface area contributed by atoms with Gasteiger partial charge in [0.15, 0.2) is 5.65 Å². The number of rotatable bonds is 3. The molecule has 0 amide bonds. The number of fused-ring (bicyclic) bond motifs is 1. The second kappa shape index (κ2) is 4.62. The lowest BCUT2D eigenvalue weighted by molar-refractivity contribution is 0.615. The molecule has 0 radical (unpaired) electrons. The predicted molar refractivity (Wildman–Crippen MR) is 70.6 cm³/mol. The van der Waals surface area contributed by atoms with Gasteiger partial charge in [0.2, 0.25) is 5.95 Å². The molecule has 92 valence electrons. The van der Waals surface area contributed by atoms with E-state index in [1.165, 1.54) is 0 Å². The van der Waals surface area contributed by atoms with Crippen LogP contribution in [-0.4, -0.2) is 30.8 Å². The molecule has 2 N–H and O–H groups in total. The fourth-order valence-electron chi connectivity index (χ4n) is 1.82. The Bertz CT molecular complexity index is 583. The monoisotopic (exact) mass is 272 g/mol. The average molecular weight is 273 g/mol. The molecule has 2 aromatic heterocycles. The lowest BCUT2D eigenvalue weighted by Gasteiger charge is -2.13. The molecule has 0 aliphatic rings. The zero-order chi connectivity index (χ0) is 12.6. The Morgan fingerprint density at radius 3 is 3.00 bits per heavy atom. The minimum absolute atomic E-state index is 0.0143. The van der Waals surface area contributed by atoms with Gasteiger partial charge in [0.05, 0.1) is 5.02 Å². The van der Waals surface area contributed by atoms with Crippen molar-refractivity contribution in [1.82, 2.24) is 14.5 Å². The van der Waals surface area contributed by atoms with Gasteiger partial charge in [-0.05, 0) is 13.0 Å². The summed E-state index contributed by atoms with van der Waals surface area (Å²) in [6, 6.07) is 1.70. The summed E-state index contributed by atoms with van der Waals surface area (Å²) in [4.78, 5) is 8.42. The molecule has 2 aromatic rings. The van der Waals surface area contributed by atoms with Gasteiger partial charge in [-0.25, -0.2) is 9.97 Å². The second-order valence-electron chi connectivity index (χ2n) is 3.93. The largest absolute Gasteiger partial charge is 0.369 e. The molecule has 0 aromatic carbocycles. The fraction of sp³-hybridized carbons (Fsp3) is 0.400. The van der Waals surface area contributed by atoms with Crippen LogP contribution in [0, 0.1) is 0 Å². The molecule has 0 fully saturated rings. The van der Waals surface area contributed by atoms with Crippen LogP contribution in [-0.2, 0) is 10.8 Å². The van der Waals surface area contributed by atoms with E-state index in [-0.39, 0.29) is 6.04 Å². The molecule has 2 heterocycles. The van der Waals surface area contributed by atoms with E-state index in [2.05, 4.69) is 9.97 Å². The number of nitrogen functional groups attached to an aromatic ring is 1. The number of pyridine rings is 1. The van der Waals surface area contributed by atoms with Crippen LogP contribution < -0.4 is 5.73 Å². The van der Waals surface area contributed by atoms with E-state index in [0.717, 1.165) is 0 Å². The van der Waals surface area contributed by atoms with E-state index < -0.39 is 10.8 Å². The summed E-state index contributed by atoms with van der Waals surface area (Å²) in [7, 11) is -0.894. The third-order valence-corrected chi connectivity index (χ3v) is 3.60. The highest BCUT2D eigenvalue weighted by Crippen LogP contribution is 2.23. The minimum Gasteiger partial charge on any atom is -0.369 e. The first-order valence-corrected chi connectivity index (χ1v) is 7.18. The lowest BCUT2D eigenvalue weighted by atomic mass is 10.3. The summed E-state index contributed by atoms with van der Waals surface area (Å²) in [5, 5.41) is 0.522. The maximum absolute atomic E-state index is 11.2. The van der Waals surface area contributed by atoms with Crippen molar-refractivity contribution in [2.24, 2.45) is 0 Å². The van der Waals surface area contributed by atoms with Crippen LogP contribution in [0.25, 0.3) is 11.2 Å².